The molecule has 1 fully saturated rings. The summed E-state index contributed by atoms with van der Waals surface area (Å²) in [5, 5.41) is 2.99. The van der Waals surface area contributed by atoms with Gasteiger partial charge < -0.3 is 14.8 Å². The molecule has 37 heavy (non-hydrogen) atoms. The summed E-state index contributed by atoms with van der Waals surface area (Å²) in [6, 6.07) is 18.0. The fourth-order valence-corrected chi connectivity index (χ4v) is 5.46. The van der Waals surface area contributed by atoms with Crippen LogP contribution in [0.2, 0.25) is 5.02 Å². The standard InChI is InChI=1S/C27H22ClIN2O5S/c1-16-5-3-8-20(9-16)30-24(32)15-36-25-21(29)11-18(12-22(25)35-2)13-23-26(33)31(27(34)37-23)14-17-6-4-7-19(28)10-17/h3-13H,14-15H2,1-2H3,(H,30,32)/b23-13-. The van der Waals surface area contributed by atoms with Crippen molar-refractivity contribution in [3.05, 3.63) is 90.9 Å². The van der Waals surface area contributed by atoms with E-state index in [-0.39, 0.29) is 30.2 Å². The third-order valence-electron chi connectivity index (χ3n) is 5.30. The third-order valence-corrected chi connectivity index (χ3v) is 7.25. The van der Waals surface area contributed by atoms with Crippen LogP contribution in [-0.4, -0.2) is 35.7 Å². The number of thioether (sulfide) groups is 1. The Balaban J connectivity index is 1.47. The Hall–Kier alpha value is -3.02. The molecule has 3 amide bonds. The summed E-state index contributed by atoms with van der Waals surface area (Å²) < 4.78 is 11.9. The number of rotatable bonds is 8. The number of anilines is 1. The average molecular weight is 649 g/mol. The van der Waals surface area contributed by atoms with E-state index in [1.807, 2.05) is 31.2 Å². The zero-order chi connectivity index (χ0) is 26.5. The van der Waals surface area contributed by atoms with Gasteiger partial charge in [-0.3, -0.25) is 19.3 Å². The van der Waals surface area contributed by atoms with Gasteiger partial charge in [0.2, 0.25) is 0 Å². The summed E-state index contributed by atoms with van der Waals surface area (Å²) in [5.41, 5.74) is 3.15. The van der Waals surface area contributed by atoms with E-state index in [1.165, 1.54) is 12.0 Å². The number of halogens is 2. The molecule has 3 aromatic rings. The zero-order valence-corrected chi connectivity index (χ0v) is 23.6. The number of ether oxygens (including phenoxy) is 2. The van der Waals surface area contributed by atoms with Crippen LogP contribution in [0.5, 0.6) is 11.5 Å². The molecule has 0 aliphatic carbocycles. The maximum absolute atomic E-state index is 12.9. The van der Waals surface area contributed by atoms with E-state index in [1.54, 1.807) is 42.5 Å². The minimum absolute atomic E-state index is 0.140. The van der Waals surface area contributed by atoms with Crippen LogP contribution in [0.1, 0.15) is 16.7 Å². The fraction of sp³-hybridized carbons (Fsp3) is 0.148. The second kappa shape index (κ2) is 12.0. The highest BCUT2D eigenvalue weighted by atomic mass is 127. The molecule has 7 nitrogen and oxygen atoms in total. The van der Waals surface area contributed by atoms with Crippen molar-refractivity contribution in [3.63, 3.8) is 0 Å². The third kappa shape index (κ3) is 6.85. The van der Waals surface area contributed by atoms with Crippen LogP contribution in [-0.2, 0) is 16.1 Å². The molecule has 0 radical (unpaired) electrons. The topological polar surface area (TPSA) is 84.9 Å². The highest BCUT2D eigenvalue weighted by molar-refractivity contribution is 14.1. The van der Waals surface area contributed by atoms with Gasteiger partial charge in [0, 0.05) is 10.7 Å². The van der Waals surface area contributed by atoms with Gasteiger partial charge in [0.1, 0.15) is 0 Å². The van der Waals surface area contributed by atoms with Gasteiger partial charge >= 0.3 is 0 Å². The van der Waals surface area contributed by atoms with E-state index in [0.717, 1.165) is 22.9 Å². The SMILES string of the molecule is COc1cc(/C=C2\SC(=O)N(Cc3cccc(Cl)c3)C2=O)cc(I)c1OCC(=O)Nc1cccc(C)c1. The van der Waals surface area contributed by atoms with Crippen LogP contribution in [0.3, 0.4) is 0 Å². The van der Waals surface area contributed by atoms with Crippen molar-refractivity contribution in [3.8, 4) is 11.5 Å². The Labute approximate surface area is 237 Å². The molecule has 0 unspecified atom stereocenters. The first-order valence-corrected chi connectivity index (χ1v) is 13.4. The number of methoxy groups -OCH3 is 1. The number of amides is 3. The Morgan fingerprint density at radius 1 is 1.14 bits per heavy atom. The van der Waals surface area contributed by atoms with Crippen molar-refractivity contribution in [2.75, 3.05) is 19.0 Å². The Kier molecular flexibility index (Phi) is 8.78. The molecule has 4 rings (SSSR count). The molecule has 3 aromatic carbocycles. The minimum Gasteiger partial charge on any atom is -0.493 e. The Morgan fingerprint density at radius 3 is 2.65 bits per heavy atom. The molecule has 0 bridgehead atoms. The molecule has 0 aromatic heterocycles. The molecule has 0 saturated carbocycles. The number of nitrogens with zero attached hydrogens (tertiary/aromatic N) is 1. The number of hydrogen-bond acceptors (Lipinski definition) is 6. The zero-order valence-electron chi connectivity index (χ0n) is 19.9. The molecule has 1 saturated heterocycles. The first-order chi connectivity index (χ1) is 17.7. The van der Waals surface area contributed by atoms with Crippen molar-refractivity contribution in [1.29, 1.82) is 0 Å². The number of nitrogens with one attached hydrogen (secondary N) is 1. The van der Waals surface area contributed by atoms with Gasteiger partial charge in [0.05, 0.1) is 22.1 Å². The minimum atomic E-state index is -0.378. The number of benzene rings is 3. The van der Waals surface area contributed by atoms with E-state index in [2.05, 4.69) is 27.9 Å². The maximum atomic E-state index is 12.9. The lowest BCUT2D eigenvalue weighted by atomic mass is 10.1. The van der Waals surface area contributed by atoms with Crippen LogP contribution in [0.15, 0.2) is 65.6 Å². The molecule has 190 valence electrons. The number of aryl methyl sites for hydroxylation is 1. The largest absolute Gasteiger partial charge is 0.493 e. The van der Waals surface area contributed by atoms with Crippen LogP contribution in [0.4, 0.5) is 10.5 Å². The summed E-state index contributed by atoms with van der Waals surface area (Å²) in [7, 11) is 1.49. The lowest BCUT2D eigenvalue weighted by Gasteiger charge is -2.14. The van der Waals surface area contributed by atoms with Gasteiger partial charge in [-0.1, -0.05) is 35.9 Å². The van der Waals surface area contributed by atoms with Crippen LogP contribution >= 0.6 is 46.0 Å². The van der Waals surface area contributed by atoms with E-state index in [4.69, 9.17) is 21.1 Å². The van der Waals surface area contributed by atoms with Gasteiger partial charge in [0.15, 0.2) is 18.1 Å². The van der Waals surface area contributed by atoms with E-state index in [9.17, 15) is 14.4 Å². The second-order valence-corrected chi connectivity index (χ2v) is 10.7. The van der Waals surface area contributed by atoms with Gasteiger partial charge in [-0.2, -0.15) is 0 Å². The van der Waals surface area contributed by atoms with Crippen molar-refractivity contribution in [2.24, 2.45) is 0 Å². The highest BCUT2D eigenvalue weighted by Crippen LogP contribution is 2.37. The van der Waals surface area contributed by atoms with Gasteiger partial charge in [-0.05, 0) is 100 Å². The van der Waals surface area contributed by atoms with Gasteiger partial charge in [0.25, 0.3) is 17.1 Å². The number of imide groups is 1. The van der Waals surface area contributed by atoms with Gasteiger partial charge in [-0.25, -0.2) is 0 Å². The van der Waals surface area contributed by atoms with E-state index < -0.39 is 0 Å². The molecule has 1 heterocycles. The first-order valence-electron chi connectivity index (χ1n) is 11.1. The molecule has 1 aliphatic heterocycles. The van der Waals surface area contributed by atoms with E-state index in [0.29, 0.717) is 36.2 Å². The van der Waals surface area contributed by atoms with Crippen molar-refractivity contribution < 1.29 is 23.9 Å². The van der Waals surface area contributed by atoms with Crippen molar-refractivity contribution >= 4 is 74.8 Å². The van der Waals surface area contributed by atoms with Crippen molar-refractivity contribution in [1.82, 2.24) is 4.90 Å². The molecule has 1 aliphatic rings. The smallest absolute Gasteiger partial charge is 0.293 e. The fourth-order valence-electron chi connectivity index (χ4n) is 3.63. The summed E-state index contributed by atoms with van der Waals surface area (Å²) in [6.07, 6.45) is 1.64. The van der Waals surface area contributed by atoms with E-state index >= 15 is 0 Å². The van der Waals surface area contributed by atoms with Crippen molar-refractivity contribution in [2.45, 2.75) is 13.5 Å². The summed E-state index contributed by atoms with van der Waals surface area (Å²) in [4.78, 5) is 39.3. The van der Waals surface area contributed by atoms with Crippen LogP contribution < -0.4 is 14.8 Å². The normalized spacial score (nSPS) is 14.3. The number of carbonyl (C=O) groups is 3. The lowest BCUT2D eigenvalue weighted by Crippen LogP contribution is -2.27. The maximum Gasteiger partial charge on any atom is 0.293 e. The number of carbonyl (C=O) groups excluding carboxylic acids is 3. The highest BCUT2D eigenvalue weighted by Gasteiger charge is 2.35. The molecule has 1 N–H and O–H groups in total. The molecular weight excluding hydrogens is 627 g/mol. The Bertz CT molecular complexity index is 1410. The predicted octanol–water partition coefficient (Wildman–Crippen LogP) is 6.52. The Morgan fingerprint density at radius 2 is 1.92 bits per heavy atom. The lowest BCUT2D eigenvalue weighted by molar-refractivity contribution is -0.123. The van der Waals surface area contributed by atoms with Gasteiger partial charge in [-0.15, -0.1) is 0 Å². The summed E-state index contributed by atoms with van der Waals surface area (Å²) in [6.45, 7) is 1.88. The quantitative estimate of drug-likeness (QED) is 0.221. The average Bonchev–Trinajstić information content (AvgIpc) is 3.10. The molecule has 0 atom stereocenters. The predicted molar refractivity (Wildman–Crippen MR) is 154 cm³/mol. The monoisotopic (exact) mass is 648 g/mol. The summed E-state index contributed by atoms with van der Waals surface area (Å²) >= 11 is 8.98. The summed E-state index contributed by atoms with van der Waals surface area (Å²) in [5.74, 6) is 0.131. The second-order valence-electron chi connectivity index (χ2n) is 8.14. The first kappa shape index (κ1) is 27.0. The number of hydrogen-bond donors (Lipinski definition) is 1. The molecule has 0 spiro atoms. The van der Waals surface area contributed by atoms with Crippen LogP contribution in [0, 0.1) is 10.5 Å². The molecular formula is C27H22ClIN2O5S. The van der Waals surface area contributed by atoms with Crippen LogP contribution in [0.25, 0.3) is 6.08 Å². The molecule has 10 heteroatoms.